The molecule has 0 aromatic heterocycles. The molecule has 1 atom stereocenters. The first-order valence-corrected chi connectivity index (χ1v) is 8.79. The lowest BCUT2D eigenvalue weighted by Gasteiger charge is -2.38. The molecule has 0 aromatic rings. The summed E-state index contributed by atoms with van der Waals surface area (Å²) in [6.45, 7) is 4.35. The Kier molecular flexibility index (Phi) is 6.89. The van der Waals surface area contributed by atoms with E-state index in [0.29, 0.717) is 32.7 Å². The summed E-state index contributed by atoms with van der Waals surface area (Å²) in [5.74, 6) is -0.444. The van der Waals surface area contributed by atoms with Crippen LogP contribution < -0.4 is 5.73 Å². The molecule has 1 fully saturated rings. The lowest BCUT2D eigenvalue weighted by Crippen LogP contribution is -2.53. The number of nitrogens with zero attached hydrogens (tertiary/aromatic N) is 2. The van der Waals surface area contributed by atoms with Crippen LogP contribution in [0.2, 0.25) is 0 Å². The second-order valence-corrected chi connectivity index (χ2v) is 7.36. The highest BCUT2D eigenvalue weighted by molar-refractivity contribution is 7.89. The summed E-state index contributed by atoms with van der Waals surface area (Å²) in [6.07, 6.45) is -4.85. The fourth-order valence-electron chi connectivity index (χ4n) is 2.50. The quantitative estimate of drug-likeness (QED) is 0.756. The van der Waals surface area contributed by atoms with Crippen molar-refractivity contribution in [1.82, 2.24) is 9.21 Å². The summed E-state index contributed by atoms with van der Waals surface area (Å²) in [5, 5.41) is 0. The van der Waals surface area contributed by atoms with Crippen LogP contribution in [0, 0.1) is 0 Å². The summed E-state index contributed by atoms with van der Waals surface area (Å²) in [5.41, 5.74) is 5.66. The molecule has 0 radical (unpaired) electrons. The second kappa shape index (κ2) is 7.75. The Morgan fingerprint density at radius 3 is 2.19 bits per heavy atom. The molecule has 9 heteroatoms. The van der Waals surface area contributed by atoms with Crippen LogP contribution in [0.3, 0.4) is 0 Å². The van der Waals surface area contributed by atoms with E-state index in [9.17, 15) is 21.6 Å². The number of nitrogens with two attached hydrogens (primary N) is 1. The first kappa shape index (κ1) is 18.7. The van der Waals surface area contributed by atoms with Gasteiger partial charge in [-0.25, -0.2) is 8.42 Å². The van der Waals surface area contributed by atoms with E-state index in [0.717, 1.165) is 6.42 Å². The standard InChI is InChI=1S/C12H24F3N3O2S/c1-2-11(10-16)17-5-7-18(8-6-17)21(19,20)9-3-4-12(13,14)15/h11H,2-10,16H2,1H3. The number of hydrogen-bond donors (Lipinski definition) is 1. The zero-order valence-electron chi connectivity index (χ0n) is 12.3. The Balaban J connectivity index is 2.45. The van der Waals surface area contributed by atoms with E-state index in [2.05, 4.69) is 4.90 Å². The van der Waals surface area contributed by atoms with Crippen LogP contribution in [0.4, 0.5) is 13.2 Å². The van der Waals surface area contributed by atoms with Gasteiger partial charge in [0, 0.05) is 45.2 Å². The van der Waals surface area contributed by atoms with Gasteiger partial charge in [0.05, 0.1) is 5.75 Å². The van der Waals surface area contributed by atoms with Gasteiger partial charge in [-0.05, 0) is 12.8 Å². The van der Waals surface area contributed by atoms with Gasteiger partial charge in [-0.15, -0.1) is 0 Å². The van der Waals surface area contributed by atoms with Gasteiger partial charge in [-0.3, -0.25) is 4.90 Å². The summed E-state index contributed by atoms with van der Waals surface area (Å²) in [6, 6.07) is 0.236. The molecule has 1 aliphatic rings. The van der Waals surface area contributed by atoms with Gasteiger partial charge in [0.1, 0.15) is 0 Å². The third kappa shape index (κ3) is 6.09. The fourth-order valence-corrected chi connectivity index (χ4v) is 3.99. The van der Waals surface area contributed by atoms with E-state index < -0.39 is 28.4 Å². The molecule has 0 aromatic carbocycles. The molecule has 21 heavy (non-hydrogen) atoms. The Hall–Kier alpha value is -0.380. The molecule has 0 spiro atoms. The average molecular weight is 331 g/mol. The number of piperazine rings is 1. The molecule has 1 rings (SSSR count). The number of rotatable bonds is 7. The lowest BCUT2D eigenvalue weighted by molar-refractivity contribution is -0.134. The highest BCUT2D eigenvalue weighted by atomic mass is 32.2. The van der Waals surface area contributed by atoms with Gasteiger partial charge in [-0.1, -0.05) is 6.92 Å². The molecular formula is C12H24F3N3O2S. The van der Waals surface area contributed by atoms with Crippen LogP contribution in [0.5, 0.6) is 0 Å². The van der Waals surface area contributed by atoms with Crippen LogP contribution in [0.25, 0.3) is 0 Å². The zero-order chi connectivity index (χ0) is 16.1. The largest absolute Gasteiger partial charge is 0.389 e. The van der Waals surface area contributed by atoms with Gasteiger partial charge in [0.25, 0.3) is 0 Å². The van der Waals surface area contributed by atoms with Gasteiger partial charge in [0.2, 0.25) is 10.0 Å². The maximum Gasteiger partial charge on any atom is 0.389 e. The van der Waals surface area contributed by atoms with Gasteiger partial charge in [-0.2, -0.15) is 17.5 Å². The predicted octanol–water partition coefficient (Wildman–Crippen LogP) is 1.01. The Morgan fingerprint density at radius 1 is 1.19 bits per heavy atom. The first-order chi connectivity index (χ1) is 9.69. The molecule has 1 saturated heterocycles. The maximum atomic E-state index is 12.1. The number of sulfonamides is 1. The van der Waals surface area contributed by atoms with Gasteiger partial charge < -0.3 is 5.73 Å². The van der Waals surface area contributed by atoms with Crippen molar-refractivity contribution in [1.29, 1.82) is 0 Å². The van der Waals surface area contributed by atoms with Crippen LogP contribution in [0.1, 0.15) is 26.2 Å². The second-order valence-electron chi connectivity index (χ2n) is 5.27. The smallest absolute Gasteiger partial charge is 0.329 e. The van der Waals surface area contributed by atoms with Crippen molar-refractivity contribution in [2.75, 3.05) is 38.5 Å². The molecule has 1 unspecified atom stereocenters. The number of hydrogen-bond acceptors (Lipinski definition) is 4. The Labute approximate surface area is 124 Å². The van der Waals surface area contributed by atoms with E-state index in [4.69, 9.17) is 5.73 Å². The molecule has 0 aliphatic carbocycles. The lowest BCUT2D eigenvalue weighted by atomic mass is 10.1. The molecule has 0 amide bonds. The molecule has 1 heterocycles. The molecule has 126 valence electrons. The minimum absolute atomic E-state index is 0.236. The fraction of sp³-hybridized carbons (Fsp3) is 1.00. The normalized spacial score (nSPS) is 20.6. The highest BCUT2D eigenvalue weighted by Crippen LogP contribution is 2.22. The van der Waals surface area contributed by atoms with E-state index in [1.54, 1.807) is 0 Å². The Morgan fingerprint density at radius 2 is 1.76 bits per heavy atom. The third-order valence-corrected chi connectivity index (χ3v) is 5.75. The number of alkyl halides is 3. The molecule has 1 aliphatic heterocycles. The summed E-state index contributed by atoms with van der Waals surface area (Å²) in [4.78, 5) is 2.14. The Bertz CT molecular complexity index is 402. The molecule has 5 nitrogen and oxygen atoms in total. The summed E-state index contributed by atoms with van der Waals surface area (Å²) in [7, 11) is -3.59. The van der Waals surface area contributed by atoms with Crippen molar-refractivity contribution in [3.8, 4) is 0 Å². The van der Waals surface area contributed by atoms with Crippen LogP contribution in [-0.2, 0) is 10.0 Å². The summed E-state index contributed by atoms with van der Waals surface area (Å²) < 4.78 is 61.5. The van der Waals surface area contributed by atoms with E-state index >= 15 is 0 Å². The third-order valence-electron chi connectivity index (χ3n) is 3.79. The maximum absolute atomic E-state index is 12.1. The van der Waals surface area contributed by atoms with Gasteiger partial charge in [0.15, 0.2) is 0 Å². The minimum atomic E-state index is -4.30. The van der Waals surface area contributed by atoms with Crippen molar-refractivity contribution in [2.24, 2.45) is 5.73 Å². The number of halogens is 3. The molecule has 0 bridgehead atoms. The monoisotopic (exact) mass is 331 g/mol. The SMILES string of the molecule is CCC(CN)N1CCN(S(=O)(=O)CCCC(F)(F)F)CC1. The zero-order valence-corrected chi connectivity index (χ0v) is 13.1. The van der Waals surface area contributed by atoms with Crippen molar-refractivity contribution >= 4 is 10.0 Å². The van der Waals surface area contributed by atoms with E-state index in [-0.39, 0.29) is 12.5 Å². The highest BCUT2D eigenvalue weighted by Gasteiger charge is 2.31. The van der Waals surface area contributed by atoms with Crippen molar-refractivity contribution < 1.29 is 21.6 Å². The van der Waals surface area contributed by atoms with Crippen LogP contribution >= 0.6 is 0 Å². The van der Waals surface area contributed by atoms with E-state index in [1.165, 1.54) is 4.31 Å². The minimum Gasteiger partial charge on any atom is -0.329 e. The van der Waals surface area contributed by atoms with Crippen LogP contribution in [0.15, 0.2) is 0 Å². The van der Waals surface area contributed by atoms with Crippen molar-refractivity contribution in [3.05, 3.63) is 0 Å². The average Bonchev–Trinajstić information content (AvgIpc) is 2.39. The van der Waals surface area contributed by atoms with Crippen LogP contribution in [-0.4, -0.2) is 68.3 Å². The van der Waals surface area contributed by atoms with E-state index in [1.807, 2.05) is 6.92 Å². The van der Waals surface area contributed by atoms with Crippen molar-refractivity contribution in [2.45, 2.75) is 38.4 Å². The predicted molar refractivity (Wildman–Crippen MR) is 75.4 cm³/mol. The first-order valence-electron chi connectivity index (χ1n) is 7.18. The topological polar surface area (TPSA) is 66.6 Å². The molecule has 0 saturated carbocycles. The molecular weight excluding hydrogens is 307 g/mol. The van der Waals surface area contributed by atoms with Gasteiger partial charge >= 0.3 is 6.18 Å². The van der Waals surface area contributed by atoms with Crippen molar-refractivity contribution in [3.63, 3.8) is 0 Å². The molecule has 2 N–H and O–H groups in total. The summed E-state index contributed by atoms with van der Waals surface area (Å²) >= 11 is 0.